The second-order valence-corrected chi connectivity index (χ2v) is 4.89. The molecule has 0 bridgehead atoms. The van der Waals surface area contributed by atoms with Crippen molar-refractivity contribution in [2.75, 3.05) is 5.06 Å². The van der Waals surface area contributed by atoms with Gasteiger partial charge in [-0.05, 0) is 29.8 Å². The van der Waals surface area contributed by atoms with Gasteiger partial charge in [0.25, 0.3) is 11.8 Å². The summed E-state index contributed by atoms with van der Waals surface area (Å²) in [6.07, 6.45) is 1.56. The molecule has 1 fully saturated rings. The summed E-state index contributed by atoms with van der Waals surface area (Å²) in [7, 11) is 0. The zero-order valence-corrected chi connectivity index (χ0v) is 10.5. The van der Waals surface area contributed by atoms with E-state index in [9.17, 15) is 14.8 Å². The van der Waals surface area contributed by atoms with Crippen LogP contribution >= 0.6 is 15.9 Å². The van der Waals surface area contributed by atoms with Crippen LogP contribution < -0.4 is 15.9 Å². The molecule has 0 aromatic heterocycles. The third-order valence-electron chi connectivity index (χ3n) is 2.88. The van der Waals surface area contributed by atoms with Gasteiger partial charge >= 0.3 is 0 Å². The molecule has 1 aromatic carbocycles. The van der Waals surface area contributed by atoms with Crippen molar-refractivity contribution < 1.29 is 9.59 Å². The third kappa shape index (κ3) is 1.52. The SMILES string of the molecule is O=C1NNC(=O)C2C1=Cc1cc(Br)ccc1N2[O-]. The van der Waals surface area contributed by atoms with Gasteiger partial charge in [-0.3, -0.25) is 20.4 Å². The van der Waals surface area contributed by atoms with Crippen LogP contribution in [0.5, 0.6) is 0 Å². The number of hydroxylamine groups is 1. The molecule has 2 heterocycles. The normalized spacial score (nSPS) is 21.6. The van der Waals surface area contributed by atoms with E-state index in [4.69, 9.17) is 0 Å². The highest BCUT2D eigenvalue weighted by atomic mass is 79.9. The van der Waals surface area contributed by atoms with Crippen molar-refractivity contribution in [3.63, 3.8) is 0 Å². The van der Waals surface area contributed by atoms with Gasteiger partial charge < -0.3 is 10.3 Å². The molecule has 6 nitrogen and oxygen atoms in total. The molecule has 0 spiro atoms. The highest BCUT2D eigenvalue weighted by molar-refractivity contribution is 9.10. The Morgan fingerprint density at radius 3 is 2.83 bits per heavy atom. The average molecular weight is 309 g/mol. The standard InChI is InChI=1S/C11H7BrN3O3/c12-6-1-2-8-5(3-6)4-7-9(15(8)18)11(17)14-13-10(7)16/h1-4,9H,(H,13,16)(H,14,17)/q-1. The van der Waals surface area contributed by atoms with Crippen molar-refractivity contribution in [1.29, 1.82) is 0 Å². The highest BCUT2D eigenvalue weighted by Gasteiger charge is 2.36. The molecule has 2 aliphatic rings. The Hall–Kier alpha value is -1.86. The number of hydrogen-bond acceptors (Lipinski definition) is 4. The second kappa shape index (κ2) is 3.82. The lowest BCUT2D eigenvalue weighted by Gasteiger charge is -2.44. The molecule has 2 aliphatic heterocycles. The fourth-order valence-corrected chi connectivity index (χ4v) is 2.43. The average Bonchev–Trinajstić information content (AvgIpc) is 2.33. The van der Waals surface area contributed by atoms with Crippen LogP contribution in [0.3, 0.4) is 0 Å². The number of rotatable bonds is 0. The highest BCUT2D eigenvalue weighted by Crippen LogP contribution is 2.34. The fraction of sp³-hybridized carbons (Fsp3) is 0.0909. The number of hydrogen-bond donors (Lipinski definition) is 2. The summed E-state index contributed by atoms with van der Waals surface area (Å²) >= 11 is 3.30. The minimum Gasteiger partial charge on any atom is -0.757 e. The number of nitrogens with one attached hydrogen (secondary N) is 2. The number of nitrogens with zero attached hydrogens (tertiary/aromatic N) is 1. The first-order chi connectivity index (χ1) is 8.58. The van der Waals surface area contributed by atoms with Gasteiger partial charge in [-0.15, -0.1) is 0 Å². The molecule has 1 saturated heterocycles. The molecule has 1 atom stereocenters. The van der Waals surface area contributed by atoms with E-state index in [0.29, 0.717) is 16.3 Å². The number of anilines is 1. The van der Waals surface area contributed by atoms with Crippen LogP contribution in [0.2, 0.25) is 0 Å². The van der Waals surface area contributed by atoms with Crippen molar-refractivity contribution in [3.8, 4) is 0 Å². The molecule has 1 aromatic rings. The number of fused-ring (bicyclic) bond motifs is 2. The lowest BCUT2D eigenvalue weighted by Crippen LogP contribution is -2.60. The molecule has 2 amide bonds. The summed E-state index contributed by atoms with van der Waals surface area (Å²) in [4.78, 5) is 23.3. The number of benzene rings is 1. The smallest absolute Gasteiger partial charge is 0.268 e. The molecule has 92 valence electrons. The number of hydrazine groups is 1. The first kappa shape index (κ1) is 11.2. The van der Waals surface area contributed by atoms with Crippen LogP contribution in [0.25, 0.3) is 6.08 Å². The molecule has 0 radical (unpaired) electrons. The van der Waals surface area contributed by atoms with Gasteiger partial charge in [0, 0.05) is 10.2 Å². The minimum absolute atomic E-state index is 0.152. The molecule has 18 heavy (non-hydrogen) atoms. The van der Waals surface area contributed by atoms with E-state index in [1.807, 2.05) is 0 Å². The van der Waals surface area contributed by atoms with E-state index in [2.05, 4.69) is 26.8 Å². The number of carbonyl (C=O) groups excluding carboxylic acids is 2. The number of halogens is 1. The molecule has 3 rings (SSSR count). The van der Waals surface area contributed by atoms with Crippen molar-refractivity contribution in [1.82, 2.24) is 10.9 Å². The molecule has 0 saturated carbocycles. The maximum atomic E-state index is 12.1. The van der Waals surface area contributed by atoms with E-state index in [1.165, 1.54) is 0 Å². The van der Waals surface area contributed by atoms with Crippen LogP contribution in [0.4, 0.5) is 5.69 Å². The first-order valence-corrected chi connectivity index (χ1v) is 5.95. The minimum atomic E-state index is -1.12. The van der Waals surface area contributed by atoms with Gasteiger partial charge in [0.1, 0.15) is 6.04 Å². The zero-order valence-electron chi connectivity index (χ0n) is 8.94. The van der Waals surface area contributed by atoms with Crippen LogP contribution in [0, 0.1) is 5.21 Å². The molecule has 2 N–H and O–H groups in total. The Bertz CT molecular complexity index is 599. The van der Waals surface area contributed by atoms with Crippen molar-refractivity contribution in [2.24, 2.45) is 0 Å². The molecule has 7 heteroatoms. The lowest BCUT2D eigenvalue weighted by molar-refractivity contribution is -0.131. The van der Waals surface area contributed by atoms with E-state index in [-0.39, 0.29) is 5.57 Å². The monoisotopic (exact) mass is 308 g/mol. The number of amides is 2. The molecular formula is C11H7BrN3O3-. The summed E-state index contributed by atoms with van der Waals surface area (Å²) in [5, 5.41) is 12.7. The predicted octanol–water partition coefficient (Wildman–Crippen LogP) is 0.680. The van der Waals surface area contributed by atoms with Gasteiger partial charge in [-0.1, -0.05) is 15.9 Å². The van der Waals surface area contributed by atoms with Crippen LogP contribution in [0.15, 0.2) is 28.2 Å². The van der Waals surface area contributed by atoms with Crippen LogP contribution in [-0.4, -0.2) is 17.9 Å². The lowest BCUT2D eigenvalue weighted by atomic mass is 9.95. The Morgan fingerprint density at radius 2 is 2.06 bits per heavy atom. The van der Waals surface area contributed by atoms with Gasteiger partial charge in [-0.2, -0.15) is 0 Å². The van der Waals surface area contributed by atoms with Crippen LogP contribution in [-0.2, 0) is 9.59 Å². The van der Waals surface area contributed by atoms with E-state index in [0.717, 1.165) is 4.47 Å². The van der Waals surface area contributed by atoms with E-state index < -0.39 is 17.9 Å². The molecular weight excluding hydrogens is 302 g/mol. The largest absolute Gasteiger partial charge is 0.757 e. The first-order valence-electron chi connectivity index (χ1n) is 5.15. The Kier molecular flexibility index (Phi) is 2.39. The fourth-order valence-electron chi connectivity index (χ4n) is 2.05. The summed E-state index contributed by atoms with van der Waals surface area (Å²) in [6, 6.07) is 3.93. The predicted molar refractivity (Wildman–Crippen MR) is 68.0 cm³/mol. The summed E-state index contributed by atoms with van der Waals surface area (Å²) in [6.45, 7) is 0. The summed E-state index contributed by atoms with van der Waals surface area (Å²) in [5.74, 6) is -1.00. The maximum absolute atomic E-state index is 12.1. The molecule has 0 aliphatic carbocycles. The van der Waals surface area contributed by atoms with Gasteiger partial charge in [0.2, 0.25) is 0 Å². The Labute approximate surface area is 110 Å². The quantitative estimate of drug-likeness (QED) is 0.738. The van der Waals surface area contributed by atoms with Gasteiger partial charge in [0.05, 0.1) is 5.57 Å². The maximum Gasteiger partial charge on any atom is 0.268 e. The molecule has 1 unspecified atom stereocenters. The van der Waals surface area contributed by atoms with Crippen molar-refractivity contribution in [2.45, 2.75) is 6.04 Å². The van der Waals surface area contributed by atoms with Crippen molar-refractivity contribution in [3.05, 3.63) is 39.0 Å². The topological polar surface area (TPSA) is 84.5 Å². The summed E-state index contributed by atoms with van der Waals surface area (Å²) in [5.41, 5.74) is 5.52. The number of carbonyl (C=O) groups is 2. The van der Waals surface area contributed by atoms with Gasteiger partial charge in [0.15, 0.2) is 0 Å². The third-order valence-corrected chi connectivity index (χ3v) is 3.37. The van der Waals surface area contributed by atoms with E-state index in [1.54, 1.807) is 24.3 Å². The Morgan fingerprint density at radius 1 is 1.28 bits per heavy atom. The summed E-state index contributed by atoms with van der Waals surface area (Å²) < 4.78 is 0.797. The van der Waals surface area contributed by atoms with Gasteiger partial charge in [-0.25, -0.2) is 0 Å². The second-order valence-electron chi connectivity index (χ2n) is 3.97. The van der Waals surface area contributed by atoms with Crippen LogP contribution in [0.1, 0.15) is 5.56 Å². The Balaban J connectivity index is 2.19. The zero-order chi connectivity index (χ0) is 12.9. The van der Waals surface area contributed by atoms with E-state index >= 15 is 0 Å². The van der Waals surface area contributed by atoms with Crippen molar-refractivity contribution >= 4 is 39.5 Å².